The highest BCUT2D eigenvalue weighted by Crippen LogP contribution is 2.33. The number of nitro groups is 1. The Morgan fingerprint density at radius 2 is 2.28 bits per heavy atom. The maximum atomic E-state index is 11.4. The van der Waals surface area contributed by atoms with Crippen LogP contribution in [0.3, 0.4) is 0 Å². The standard InChI is InChI=1S/C10H13N3O5/c1-12(4-2-3-11)9(14)6-18-10(15)7-5-8(7)13(16)17/h7-8H,2,4-6H2,1H3. The molecule has 0 spiro atoms. The maximum Gasteiger partial charge on any atom is 0.316 e. The zero-order valence-electron chi connectivity index (χ0n) is 9.87. The van der Waals surface area contributed by atoms with E-state index in [1.54, 1.807) is 0 Å². The number of hydrogen-bond donors (Lipinski definition) is 0. The van der Waals surface area contributed by atoms with Crippen molar-refractivity contribution in [3.63, 3.8) is 0 Å². The van der Waals surface area contributed by atoms with E-state index >= 15 is 0 Å². The molecule has 18 heavy (non-hydrogen) atoms. The normalized spacial score (nSPS) is 20.7. The van der Waals surface area contributed by atoms with Crippen LogP contribution < -0.4 is 0 Å². The van der Waals surface area contributed by atoms with Crippen LogP contribution in [0.2, 0.25) is 0 Å². The number of rotatable bonds is 6. The molecule has 1 aliphatic carbocycles. The van der Waals surface area contributed by atoms with E-state index in [2.05, 4.69) is 0 Å². The fourth-order valence-electron chi connectivity index (χ4n) is 1.36. The number of hydrogen-bond acceptors (Lipinski definition) is 6. The molecule has 1 fully saturated rings. The van der Waals surface area contributed by atoms with Crippen molar-refractivity contribution in [2.24, 2.45) is 5.92 Å². The molecule has 0 bridgehead atoms. The Kier molecular flexibility index (Phi) is 4.59. The molecular formula is C10H13N3O5. The van der Waals surface area contributed by atoms with E-state index in [0.29, 0.717) is 0 Å². The SMILES string of the molecule is CN(CCC#N)C(=O)COC(=O)C1CC1[N+](=O)[O-]. The van der Waals surface area contributed by atoms with Gasteiger partial charge >= 0.3 is 5.97 Å². The first-order valence-corrected chi connectivity index (χ1v) is 5.38. The van der Waals surface area contributed by atoms with Gasteiger partial charge in [-0.25, -0.2) is 0 Å². The van der Waals surface area contributed by atoms with Crippen molar-refractivity contribution in [2.75, 3.05) is 20.2 Å². The van der Waals surface area contributed by atoms with Gasteiger partial charge in [0.1, 0.15) is 5.92 Å². The molecule has 2 atom stereocenters. The summed E-state index contributed by atoms with van der Waals surface area (Å²) in [5.41, 5.74) is 0. The van der Waals surface area contributed by atoms with E-state index in [-0.39, 0.29) is 19.4 Å². The smallest absolute Gasteiger partial charge is 0.316 e. The average molecular weight is 255 g/mol. The van der Waals surface area contributed by atoms with Gasteiger partial charge in [-0.3, -0.25) is 19.7 Å². The van der Waals surface area contributed by atoms with Crippen LogP contribution in [0.25, 0.3) is 0 Å². The van der Waals surface area contributed by atoms with Gasteiger partial charge in [0.05, 0.1) is 12.5 Å². The van der Waals surface area contributed by atoms with Crippen LogP contribution in [-0.2, 0) is 14.3 Å². The van der Waals surface area contributed by atoms with Crippen molar-refractivity contribution < 1.29 is 19.2 Å². The van der Waals surface area contributed by atoms with Crippen LogP contribution in [0.1, 0.15) is 12.8 Å². The summed E-state index contributed by atoms with van der Waals surface area (Å²) < 4.78 is 4.69. The van der Waals surface area contributed by atoms with Crippen molar-refractivity contribution in [1.29, 1.82) is 5.26 Å². The summed E-state index contributed by atoms with van der Waals surface area (Å²) in [7, 11) is 1.49. The molecule has 8 heteroatoms. The predicted octanol–water partition coefficient (Wildman–Crippen LogP) is -0.433. The first-order valence-electron chi connectivity index (χ1n) is 5.38. The molecule has 0 aliphatic heterocycles. The lowest BCUT2D eigenvalue weighted by Gasteiger charge is -2.14. The number of nitriles is 1. The highest BCUT2D eigenvalue weighted by molar-refractivity contribution is 5.82. The Balaban J connectivity index is 2.25. The van der Waals surface area contributed by atoms with Gasteiger partial charge in [-0.05, 0) is 0 Å². The molecule has 8 nitrogen and oxygen atoms in total. The van der Waals surface area contributed by atoms with E-state index in [4.69, 9.17) is 10.00 Å². The molecule has 0 aromatic heterocycles. The van der Waals surface area contributed by atoms with Crippen LogP contribution in [0.15, 0.2) is 0 Å². The summed E-state index contributed by atoms with van der Waals surface area (Å²) in [6.45, 7) is -0.185. The van der Waals surface area contributed by atoms with E-state index in [9.17, 15) is 19.7 Å². The Hall–Kier alpha value is -2.17. The summed E-state index contributed by atoms with van der Waals surface area (Å²) in [6, 6.07) is 1.02. The Morgan fingerprint density at radius 1 is 1.61 bits per heavy atom. The molecule has 1 rings (SSSR count). The molecule has 0 saturated heterocycles. The van der Waals surface area contributed by atoms with Crippen LogP contribution in [0, 0.1) is 27.4 Å². The molecule has 1 amide bonds. The number of amides is 1. The van der Waals surface area contributed by atoms with Gasteiger partial charge in [-0.2, -0.15) is 5.26 Å². The molecule has 1 aliphatic rings. The highest BCUT2D eigenvalue weighted by Gasteiger charge is 2.54. The third-order valence-corrected chi connectivity index (χ3v) is 2.65. The lowest BCUT2D eigenvalue weighted by atomic mass is 10.4. The number of ether oxygens (including phenoxy) is 1. The number of carbonyl (C=O) groups is 2. The second-order valence-corrected chi connectivity index (χ2v) is 4.03. The predicted molar refractivity (Wildman–Crippen MR) is 57.7 cm³/mol. The summed E-state index contributed by atoms with van der Waals surface area (Å²) >= 11 is 0. The van der Waals surface area contributed by atoms with Crippen molar-refractivity contribution in [3.05, 3.63) is 10.1 Å². The van der Waals surface area contributed by atoms with Gasteiger partial charge in [0.2, 0.25) is 6.04 Å². The summed E-state index contributed by atoms with van der Waals surface area (Å²) in [6.07, 6.45) is 0.368. The van der Waals surface area contributed by atoms with Gasteiger partial charge in [-0.1, -0.05) is 0 Å². The molecule has 2 unspecified atom stereocenters. The zero-order chi connectivity index (χ0) is 13.7. The monoisotopic (exact) mass is 255 g/mol. The quantitative estimate of drug-likeness (QED) is 0.361. The second kappa shape index (κ2) is 5.95. The Morgan fingerprint density at radius 3 is 2.78 bits per heavy atom. The van der Waals surface area contributed by atoms with E-state index in [1.165, 1.54) is 11.9 Å². The number of carbonyl (C=O) groups excluding carboxylic acids is 2. The van der Waals surface area contributed by atoms with Crippen molar-refractivity contribution in [3.8, 4) is 6.07 Å². The average Bonchev–Trinajstić information content (AvgIpc) is 3.12. The van der Waals surface area contributed by atoms with Crippen LogP contribution in [0.4, 0.5) is 0 Å². The minimum Gasteiger partial charge on any atom is -0.455 e. The summed E-state index contributed by atoms with van der Waals surface area (Å²) in [5.74, 6) is -1.87. The van der Waals surface area contributed by atoms with Crippen LogP contribution in [0.5, 0.6) is 0 Å². The molecule has 0 aromatic rings. The van der Waals surface area contributed by atoms with E-state index in [0.717, 1.165) is 0 Å². The zero-order valence-corrected chi connectivity index (χ0v) is 9.87. The largest absolute Gasteiger partial charge is 0.455 e. The topological polar surface area (TPSA) is 114 Å². The van der Waals surface area contributed by atoms with Gasteiger partial charge in [-0.15, -0.1) is 0 Å². The molecular weight excluding hydrogens is 242 g/mol. The minimum absolute atomic E-state index is 0.171. The second-order valence-electron chi connectivity index (χ2n) is 4.03. The van der Waals surface area contributed by atoms with Gasteiger partial charge < -0.3 is 9.64 Å². The maximum absolute atomic E-state index is 11.4. The van der Waals surface area contributed by atoms with Crippen molar-refractivity contribution >= 4 is 11.9 Å². The first kappa shape index (κ1) is 13.9. The van der Waals surface area contributed by atoms with Gasteiger partial charge in [0, 0.05) is 24.9 Å². The summed E-state index contributed by atoms with van der Waals surface area (Å²) in [5, 5.41) is 18.7. The fourth-order valence-corrected chi connectivity index (χ4v) is 1.36. The molecule has 0 heterocycles. The van der Waals surface area contributed by atoms with E-state index < -0.39 is 35.4 Å². The molecule has 98 valence electrons. The lowest BCUT2D eigenvalue weighted by Crippen LogP contribution is -2.32. The third kappa shape index (κ3) is 3.69. The van der Waals surface area contributed by atoms with Crippen LogP contribution in [-0.4, -0.2) is 47.9 Å². The van der Waals surface area contributed by atoms with Crippen LogP contribution >= 0.6 is 0 Å². The van der Waals surface area contributed by atoms with Crippen molar-refractivity contribution in [2.45, 2.75) is 18.9 Å². The van der Waals surface area contributed by atoms with Gasteiger partial charge in [0.15, 0.2) is 6.61 Å². The highest BCUT2D eigenvalue weighted by atomic mass is 16.6. The first-order chi connectivity index (χ1) is 8.47. The number of likely N-dealkylation sites (N-methyl/N-ethyl adjacent to an activating group) is 1. The molecule has 0 aromatic carbocycles. The van der Waals surface area contributed by atoms with Crippen molar-refractivity contribution in [1.82, 2.24) is 4.90 Å². The Labute approximate surface area is 103 Å². The molecule has 0 radical (unpaired) electrons. The molecule has 0 N–H and O–H groups in total. The molecule has 1 saturated carbocycles. The fraction of sp³-hybridized carbons (Fsp3) is 0.700. The lowest BCUT2D eigenvalue weighted by molar-refractivity contribution is -0.497. The van der Waals surface area contributed by atoms with Gasteiger partial charge in [0.25, 0.3) is 5.91 Å². The number of nitrogens with zero attached hydrogens (tertiary/aromatic N) is 3. The summed E-state index contributed by atoms with van der Waals surface area (Å²) in [4.78, 5) is 33.8. The minimum atomic E-state index is -0.871. The Bertz CT molecular complexity index is 403. The third-order valence-electron chi connectivity index (χ3n) is 2.65. The number of esters is 1. The van der Waals surface area contributed by atoms with E-state index in [1.807, 2.05) is 6.07 Å².